The summed E-state index contributed by atoms with van der Waals surface area (Å²) in [6.07, 6.45) is 2.17. The van der Waals surface area contributed by atoms with E-state index in [0.717, 1.165) is 24.0 Å². The number of halogens is 2. The Morgan fingerprint density at radius 1 is 1.26 bits per heavy atom. The normalized spacial score (nSPS) is 19.2. The highest BCUT2D eigenvalue weighted by molar-refractivity contribution is 7.07. The molecule has 3 heterocycles. The van der Waals surface area contributed by atoms with Crippen LogP contribution in [-0.2, 0) is 6.54 Å². The molecule has 0 unspecified atom stereocenters. The quantitative estimate of drug-likeness (QED) is 0.682. The molecule has 0 aliphatic carbocycles. The first-order valence-corrected chi connectivity index (χ1v) is 8.68. The standard InChI is InChI=1S/C17H17F2N3S/c18-17(19)22-15-5-2-1-4-13(15)20-16(22)10-21-8-3-6-14(21)12-7-9-23-11-12/h1-2,4-5,7,9,11,14,17H,3,6,8,10H2/t14-/m1/s1. The predicted molar refractivity (Wildman–Crippen MR) is 87.7 cm³/mol. The Kier molecular flexibility index (Phi) is 3.87. The highest BCUT2D eigenvalue weighted by atomic mass is 32.1. The van der Waals surface area contributed by atoms with Crippen LogP contribution < -0.4 is 0 Å². The average molecular weight is 333 g/mol. The molecule has 0 amide bonds. The third-order valence-electron chi connectivity index (χ3n) is 4.50. The Balaban J connectivity index is 1.68. The van der Waals surface area contributed by atoms with Crippen LogP contribution >= 0.6 is 11.3 Å². The van der Waals surface area contributed by atoms with Crippen molar-refractivity contribution in [1.29, 1.82) is 0 Å². The van der Waals surface area contributed by atoms with Crippen molar-refractivity contribution in [2.75, 3.05) is 6.54 Å². The Labute approximate surface area is 137 Å². The molecule has 120 valence electrons. The van der Waals surface area contributed by atoms with E-state index < -0.39 is 6.55 Å². The van der Waals surface area contributed by atoms with Gasteiger partial charge in [0.15, 0.2) is 0 Å². The van der Waals surface area contributed by atoms with Gasteiger partial charge >= 0.3 is 6.55 Å². The number of benzene rings is 1. The van der Waals surface area contributed by atoms with Gasteiger partial charge in [-0.25, -0.2) is 4.98 Å². The van der Waals surface area contributed by atoms with E-state index in [9.17, 15) is 8.78 Å². The minimum Gasteiger partial charge on any atom is -0.289 e. The van der Waals surface area contributed by atoms with Gasteiger partial charge in [-0.05, 0) is 53.9 Å². The zero-order chi connectivity index (χ0) is 15.8. The van der Waals surface area contributed by atoms with E-state index in [-0.39, 0.29) is 0 Å². The number of hydrogen-bond donors (Lipinski definition) is 0. The van der Waals surface area contributed by atoms with Crippen molar-refractivity contribution in [1.82, 2.24) is 14.5 Å². The number of thiophene rings is 1. The largest absolute Gasteiger partial charge is 0.320 e. The molecular formula is C17H17F2N3S. The van der Waals surface area contributed by atoms with E-state index in [2.05, 4.69) is 26.7 Å². The van der Waals surface area contributed by atoms with Crippen molar-refractivity contribution in [2.45, 2.75) is 32.0 Å². The van der Waals surface area contributed by atoms with Gasteiger partial charge in [-0.1, -0.05) is 12.1 Å². The lowest BCUT2D eigenvalue weighted by Crippen LogP contribution is -2.24. The number of hydrogen-bond acceptors (Lipinski definition) is 3. The van der Waals surface area contributed by atoms with E-state index in [1.807, 2.05) is 6.07 Å². The Bertz CT molecular complexity index is 797. The summed E-state index contributed by atoms with van der Waals surface area (Å²) in [6.45, 7) is -1.19. The molecule has 0 spiro atoms. The second kappa shape index (κ2) is 6.02. The lowest BCUT2D eigenvalue weighted by atomic mass is 10.1. The van der Waals surface area contributed by atoms with Gasteiger partial charge < -0.3 is 0 Å². The van der Waals surface area contributed by atoms with Crippen LogP contribution in [0.25, 0.3) is 11.0 Å². The molecule has 3 aromatic rings. The average Bonchev–Trinajstić information content (AvgIpc) is 3.25. The van der Waals surface area contributed by atoms with Crippen molar-refractivity contribution in [2.24, 2.45) is 0 Å². The van der Waals surface area contributed by atoms with Gasteiger partial charge in [0, 0.05) is 6.04 Å². The monoisotopic (exact) mass is 333 g/mol. The van der Waals surface area contributed by atoms with Gasteiger partial charge in [-0.15, -0.1) is 0 Å². The maximum absolute atomic E-state index is 13.5. The summed E-state index contributed by atoms with van der Waals surface area (Å²) in [4.78, 5) is 6.72. The molecular weight excluding hydrogens is 316 g/mol. The number of fused-ring (bicyclic) bond motifs is 1. The first kappa shape index (κ1) is 14.8. The van der Waals surface area contributed by atoms with E-state index in [1.54, 1.807) is 29.5 Å². The summed E-state index contributed by atoms with van der Waals surface area (Å²) < 4.78 is 28.2. The number of aromatic nitrogens is 2. The number of nitrogens with zero attached hydrogens (tertiary/aromatic N) is 3. The minimum atomic E-state index is -2.57. The van der Waals surface area contributed by atoms with Gasteiger partial charge in [0.1, 0.15) is 5.82 Å². The van der Waals surface area contributed by atoms with Gasteiger partial charge in [-0.2, -0.15) is 20.1 Å². The van der Waals surface area contributed by atoms with Crippen molar-refractivity contribution in [3.8, 4) is 0 Å². The highest BCUT2D eigenvalue weighted by Crippen LogP contribution is 2.35. The first-order valence-electron chi connectivity index (χ1n) is 7.74. The highest BCUT2D eigenvalue weighted by Gasteiger charge is 2.28. The number of imidazole rings is 1. The molecule has 1 aliphatic heterocycles. The molecule has 0 N–H and O–H groups in total. The van der Waals surface area contributed by atoms with Crippen LogP contribution in [0.4, 0.5) is 8.78 Å². The smallest absolute Gasteiger partial charge is 0.289 e. The first-order chi connectivity index (χ1) is 11.2. The number of likely N-dealkylation sites (tertiary alicyclic amines) is 1. The summed E-state index contributed by atoms with van der Waals surface area (Å²) in [5.41, 5.74) is 2.42. The molecule has 1 aliphatic rings. The lowest BCUT2D eigenvalue weighted by molar-refractivity contribution is 0.0679. The van der Waals surface area contributed by atoms with Gasteiger partial charge in [-0.3, -0.25) is 9.47 Å². The summed E-state index contributed by atoms with van der Waals surface area (Å²) in [7, 11) is 0. The topological polar surface area (TPSA) is 21.1 Å². The number of para-hydroxylation sites is 2. The molecule has 1 aromatic carbocycles. The van der Waals surface area contributed by atoms with Crippen LogP contribution in [0.3, 0.4) is 0 Å². The fraction of sp³-hybridized carbons (Fsp3) is 0.353. The summed E-state index contributed by atoms with van der Waals surface area (Å²) in [5.74, 6) is 0.448. The van der Waals surface area contributed by atoms with E-state index in [4.69, 9.17) is 0 Å². The summed E-state index contributed by atoms with van der Waals surface area (Å²) in [6, 6.07) is 9.54. The maximum atomic E-state index is 13.5. The summed E-state index contributed by atoms with van der Waals surface area (Å²) in [5, 5.41) is 4.22. The maximum Gasteiger partial charge on any atom is 0.320 e. The molecule has 0 bridgehead atoms. The van der Waals surface area contributed by atoms with Crippen LogP contribution in [0.2, 0.25) is 0 Å². The van der Waals surface area contributed by atoms with Crippen LogP contribution in [0.15, 0.2) is 41.1 Å². The van der Waals surface area contributed by atoms with Crippen LogP contribution in [0.5, 0.6) is 0 Å². The molecule has 4 rings (SSSR count). The van der Waals surface area contributed by atoms with E-state index in [0.29, 0.717) is 29.4 Å². The molecule has 6 heteroatoms. The third-order valence-corrected chi connectivity index (χ3v) is 5.20. The van der Waals surface area contributed by atoms with E-state index in [1.165, 1.54) is 5.56 Å². The lowest BCUT2D eigenvalue weighted by Gasteiger charge is -2.23. The second-order valence-corrected chi connectivity index (χ2v) is 6.63. The number of alkyl halides is 2. The van der Waals surface area contributed by atoms with Crippen LogP contribution in [0.1, 0.15) is 36.8 Å². The van der Waals surface area contributed by atoms with Crippen LogP contribution in [-0.4, -0.2) is 21.0 Å². The van der Waals surface area contributed by atoms with Crippen molar-refractivity contribution in [3.63, 3.8) is 0 Å². The third kappa shape index (κ3) is 2.66. The number of rotatable bonds is 4. The molecule has 2 aromatic heterocycles. The molecule has 23 heavy (non-hydrogen) atoms. The molecule has 0 radical (unpaired) electrons. The molecule has 3 nitrogen and oxygen atoms in total. The van der Waals surface area contributed by atoms with E-state index >= 15 is 0 Å². The van der Waals surface area contributed by atoms with Gasteiger partial charge in [0.05, 0.1) is 17.6 Å². The zero-order valence-electron chi connectivity index (χ0n) is 12.5. The van der Waals surface area contributed by atoms with Crippen molar-refractivity contribution in [3.05, 3.63) is 52.5 Å². The SMILES string of the molecule is FC(F)n1c(CN2CCC[C@@H]2c2ccsc2)nc2ccccc21. The second-order valence-electron chi connectivity index (χ2n) is 5.85. The summed E-state index contributed by atoms with van der Waals surface area (Å²) >= 11 is 1.68. The minimum absolute atomic E-state index is 0.312. The van der Waals surface area contributed by atoms with Gasteiger partial charge in [0.2, 0.25) is 0 Å². The fourth-order valence-corrected chi connectivity index (χ4v) is 4.17. The molecule has 1 atom stereocenters. The fourth-order valence-electron chi connectivity index (χ4n) is 3.46. The van der Waals surface area contributed by atoms with Crippen molar-refractivity contribution < 1.29 is 8.78 Å². The van der Waals surface area contributed by atoms with Crippen LogP contribution in [0, 0.1) is 0 Å². The Morgan fingerprint density at radius 3 is 2.91 bits per heavy atom. The Morgan fingerprint density at radius 2 is 2.13 bits per heavy atom. The Hall–Kier alpha value is -1.79. The molecule has 1 saturated heterocycles. The van der Waals surface area contributed by atoms with Gasteiger partial charge in [0.25, 0.3) is 0 Å². The predicted octanol–water partition coefficient (Wildman–Crippen LogP) is 4.83. The molecule has 0 saturated carbocycles. The molecule has 1 fully saturated rings. The van der Waals surface area contributed by atoms with Crippen molar-refractivity contribution >= 4 is 22.4 Å². The zero-order valence-corrected chi connectivity index (χ0v) is 13.3.